The van der Waals surface area contributed by atoms with Crippen LogP contribution in [0.2, 0.25) is 10.0 Å². The number of aromatic nitrogens is 4. The van der Waals surface area contributed by atoms with Crippen LogP contribution in [0.4, 0.5) is 5.69 Å². The second-order valence-electron chi connectivity index (χ2n) is 7.30. The predicted molar refractivity (Wildman–Crippen MR) is 129 cm³/mol. The molecule has 0 aliphatic carbocycles. The van der Waals surface area contributed by atoms with Gasteiger partial charge >= 0.3 is 0 Å². The van der Waals surface area contributed by atoms with Gasteiger partial charge in [0.15, 0.2) is 0 Å². The number of halogens is 2. The Morgan fingerprint density at radius 3 is 2.70 bits per heavy atom. The number of fused-ring (bicyclic) bond motifs is 1. The summed E-state index contributed by atoms with van der Waals surface area (Å²) in [6.07, 6.45) is 4.20. The van der Waals surface area contributed by atoms with Gasteiger partial charge in [-0.2, -0.15) is 0 Å². The Hall–Kier alpha value is -3.36. The van der Waals surface area contributed by atoms with Gasteiger partial charge in [0.2, 0.25) is 5.91 Å². The molecule has 2 N–H and O–H groups in total. The Morgan fingerprint density at radius 1 is 1.03 bits per heavy atom. The molecule has 0 aliphatic heterocycles. The van der Waals surface area contributed by atoms with Crippen LogP contribution in [-0.4, -0.2) is 39.0 Å². The molecule has 4 rings (SSSR count). The average molecular weight is 485 g/mol. The van der Waals surface area contributed by atoms with Gasteiger partial charge < -0.3 is 15.4 Å². The number of nitrogens with one attached hydrogen (secondary N) is 2. The quantitative estimate of drug-likeness (QED) is 0.325. The normalized spacial score (nSPS) is 10.8. The number of carbonyl (C=O) groups excluding carboxylic acids is 1. The van der Waals surface area contributed by atoms with Gasteiger partial charge in [-0.1, -0.05) is 28.4 Å². The Labute approximate surface area is 200 Å². The van der Waals surface area contributed by atoms with Gasteiger partial charge in [-0.05, 0) is 55.0 Å². The molecule has 0 atom stereocenters. The van der Waals surface area contributed by atoms with Crippen molar-refractivity contribution in [1.82, 2.24) is 25.3 Å². The number of hydrogen-bond donors (Lipinski definition) is 2. The van der Waals surface area contributed by atoms with Crippen LogP contribution in [0.15, 0.2) is 60.9 Å². The molecule has 0 saturated heterocycles. The number of benzene rings is 2. The molecule has 0 unspecified atom stereocenters. The van der Waals surface area contributed by atoms with Crippen molar-refractivity contribution in [2.45, 2.75) is 19.6 Å². The standard InChI is InChI=1S/C23H22Cl2N6O2/c24-16-2-5-19(6-3-16)33-15-18-13-31(30-29-18)14-23(32)28-10-1-9-26-21-8-11-27-22-12-17(25)4-7-20(21)22/h2-8,11-13H,1,9-10,14-15H2,(H,26,27)(H,28,32). The molecule has 0 radical (unpaired) electrons. The summed E-state index contributed by atoms with van der Waals surface area (Å²) in [6, 6.07) is 14.6. The Kier molecular flexibility index (Phi) is 7.59. The van der Waals surface area contributed by atoms with Crippen molar-refractivity contribution < 1.29 is 9.53 Å². The van der Waals surface area contributed by atoms with E-state index in [1.165, 1.54) is 4.68 Å². The molecule has 8 nitrogen and oxygen atoms in total. The van der Waals surface area contributed by atoms with Crippen LogP contribution in [0.1, 0.15) is 12.1 Å². The summed E-state index contributed by atoms with van der Waals surface area (Å²) < 4.78 is 7.12. The number of nitrogens with zero attached hydrogens (tertiary/aromatic N) is 4. The van der Waals surface area contributed by atoms with Gasteiger partial charge in [0, 0.05) is 40.4 Å². The van der Waals surface area contributed by atoms with Gasteiger partial charge in [-0.3, -0.25) is 9.78 Å². The van der Waals surface area contributed by atoms with Crippen molar-refractivity contribution in [2.24, 2.45) is 0 Å². The number of carbonyl (C=O) groups is 1. The fourth-order valence-corrected chi connectivity index (χ4v) is 3.48. The van der Waals surface area contributed by atoms with E-state index in [0.717, 1.165) is 23.0 Å². The predicted octanol–water partition coefficient (Wildman–Crippen LogP) is 4.33. The van der Waals surface area contributed by atoms with E-state index in [4.69, 9.17) is 27.9 Å². The topological polar surface area (TPSA) is 94.0 Å². The lowest BCUT2D eigenvalue weighted by Crippen LogP contribution is -2.29. The fraction of sp³-hybridized carbons (Fsp3) is 0.217. The number of rotatable bonds is 10. The van der Waals surface area contributed by atoms with Crippen molar-refractivity contribution in [3.05, 3.63) is 76.7 Å². The minimum atomic E-state index is -0.130. The van der Waals surface area contributed by atoms with Crippen LogP contribution < -0.4 is 15.4 Å². The van der Waals surface area contributed by atoms with Crippen LogP contribution in [0.3, 0.4) is 0 Å². The molecule has 2 aromatic carbocycles. The van der Waals surface area contributed by atoms with E-state index in [1.807, 2.05) is 24.3 Å². The summed E-state index contributed by atoms with van der Waals surface area (Å²) in [5.41, 5.74) is 2.46. The average Bonchev–Trinajstić information content (AvgIpc) is 3.25. The van der Waals surface area contributed by atoms with Crippen molar-refractivity contribution in [3.8, 4) is 5.75 Å². The van der Waals surface area contributed by atoms with Gasteiger partial charge in [0.05, 0.1) is 11.7 Å². The highest BCUT2D eigenvalue weighted by Gasteiger charge is 2.07. The Balaban J connectivity index is 1.16. The molecular formula is C23H22Cl2N6O2. The SMILES string of the molecule is O=C(Cn1cc(COc2ccc(Cl)cc2)nn1)NCCCNc1ccnc2cc(Cl)ccc12. The maximum atomic E-state index is 12.2. The zero-order valence-corrected chi connectivity index (χ0v) is 19.2. The zero-order valence-electron chi connectivity index (χ0n) is 17.7. The van der Waals surface area contributed by atoms with Crippen molar-refractivity contribution >= 4 is 45.7 Å². The second kappa shape index (κ2) is 11.0. The fourth-order valence-electron chi connectivity index (χ4n) is 3.19. The molecule has 0 saturated carbocycles. The largest absolute Gasteiger partial charge is 0.487 e. The number of ether oxygens (including phenoxy) is 1. The van der Waals surface area contributed by atoms with Crippen LogP contribution in [0, 0.1) is 0 Å². The van der Waals surface area contributed by atoms with Crippen LogP contribution in [-0.2, 0) is 17.9 Å². The summed E-state index contributed by atoms with van der Waals surface area (Å²) in [5.74, 6) is 0.554. The lowest BCUT2D eigenvalue weighted by atomic mass is 10.2. The van der Waals surface area contributed by atoms with Gasteiger partial charge in [0.1, 0.15) is 24.6 Å². The van der Waals surface area contributed by atoms with E-state index >= 15 is 0 Å². The summed E-state index contributed by atoms with van der Waals surface area (Å²) in [5, 5.41) is 16.6. The van der Waals surface area contributed by atoms with Gasteiger partial charge in [0.25, 0.3) is 0 Å². The molecule has 0 spiro atoms. The number of hydrogen-bond acceptors (Lipinski definition) is 6. The van der Waals surface area contributed by atoms with Gasteiger partial charge in [-0.25, -0.2) is 4.68 Å². The monoisotopic (exact) mass is 484 g/mol. The first-order valence-corrected chi connectivity index (χ1v) is 11.1. The molecule has 0 fully saturated rings. The maximum Gasteiger partial charge on any atom is 0.241 e. The molecule has 10 heteroatoms. The van der Waals surface area contributed by atoms with E-state index in [-0.39, 0.29) is 19.1 Å². The van der Waals surface area contributed by atoms with Crippen molar-refractivity contribution in [1.29, 1.82) is 0 Å². The van der Waals surface area contributed by atoms with Gasteiger partial charge in [-0.15, -0.1) is 5.10 Å². The molecule has 0 aliphatic rings. The minimum Gasteiger partial charge on any atom is -0.487 e. The van der Waals surface area contributed by atoms with E-state index in [9.17, 15) is 4.79 Å². The molecule has 170 valence electrons. The minimum absolute atomic E-state index is 0.0944. The van der Waals surface area contributed by atoms with E-state index in [0.29, 0.717) is 34.6 Å². The highest BCUT2D eigenvalue weighted by Crippen LogP contribution is 2.24. The third-order valence-electron chi connectivity index (χ3n) is 4.79. The van der Waals surface area contributed by atoms with E-state index in [1.54, 1.807) is 36.7 Å². The first kappa shape index (κ1) is 22.8. The summed E-state index contributed by atoms with van der Waals surface area (Å²) >= 11 is 11.9. The third-order valence-corrected chi connectivity index (χ3v) is 5.28. The smallest absolute Gasteiger partial charge is 0.241 e. The second-order valence-corrected chi connectivity index (χ2v) is 8.17. The molecule has 2 heterocycles. The van der Waals surface area contributed by atoms with E-state index < -0.39 is 0 Å². The summed E-state index contributed by atoms with van der Waals surface area (Å²) in [6.45, 7) is 1.60. The lowest BCUT2D eigenvalue weighted by Gasteiger charge is -2.10. The first-order chi connectivity index (χ1) is 16.1. The van der Waals surface area contributed by atoms with Crippen molar-refractivity contribution in [2.75, 3.05) is 18.4 Å². The molecular weight excluding hydrogens is 463 g/mol. The van der Waals surface area contributed by atoms with Crippen molar-refractivity contribution in [3.63, 3.8) is 0 Å². The molecule has 4 aromatic rings. The molecule has 0 bridgehead atoms. The summed E-state index contributed by atoms with van der Waals surface area (Å²) in [4.78, 5) is 16.5. The van der Waals surface area contributed by atoms with Crippen LogP contribution in [0.5, 0.6) is 5.75 Å². The Bertz CT molecular complexity index is 1230. The number of amides is 1. The zero-order chi connectivity index (χ0) is 23.0. The van der Waals surface area contributed by atoms with Crippen LogP contribution >= 0.6 is 23.2 Å². The third kappa shape index (κ3) is 6.57. The highest BCUT2D eigenvalue weighted by molar-refractivity contribution is 6.31. The molecule has 33 heavy (non-hydrogen) atoms. The summed E-state index contributed by atoms with van der Waals surface area (Å²) in [7, 11) is 0. The first-order valence-electron chi connectivity index (χ1n) is 10.4. The lowest BCUT2D eigenvalue weighted by molar-refractivity contribution is -0.121. The van der Waals surface area contributed by atoms with E-state index in [2.05, 4.69) is 25.9 Å². The molecule has 1 amide bonds. The van der Waals surface area contributed by atoms with Crippen LogP contribution in [0.25, 0.3) is 10.9 Å². The highest BCUT2D eigenvalue weighted by atomic mass is 35.5. The number of anilines is 1. The molecule has 2 aromatic heterocycles. The maximum absolute atomic E-state index is 12.2. The Morgan fingerprint density at radius 2 is 1.85 bits per heavy atom. The number of pyridine rings is 1.